The first-order valence-corrected chi connectivity index (χ1v) is 5.32. The van der Waals surface area contributed by atoms with Crippen LogP contribution in [0.2, 0.25) is 0 Å². The number of carbonyl (C=O) groups is 2. The standard InChI is InChI=1S/C10H16O6/c11-5-3-1-2-4-9(12)16-8-6-14-10(13)15-7-8/h8,11H,1-7H2. The molecular formula is C10H16O6. The van der Waals surface area contributed by atoms with Crippen LogP contribution in [-0.2, 0) is 19.0 Å². The van der Waals surface area contributed by atoms with Crippen LogP contribution in [0.25, 0.3) is 0 Å². The lowest BCUT2D eigenvalue weighted by atomic mass is 10.2. The van der Waals surface area contributed by atoms with E-state index < -0.39 is 12.3 Å². The summed E-state index contributed by atoms with van der Waals surface area (Å²) in [5.41, 5.74) is 0. The molecule has 1 aliphatic heterocycles. The topological polar surface area (TPSA) is 82.1 Å². The molecule has 0 radical (unpaired) electrons. The monoisotopic (exact) mass is 232 g/mol. The molecule has 1 heterocycles. The highest BCUT2D eigenvalue weighted by Crippen LogP contribution is 2.07. The van der Waals surface area contributed by atoms with Crippen LogP contribution in [0.4, 0.5) is 4.79 Å². The molecule has 1 N–H and O–H groups in total. The van der Waals surface area contributed by atoms with E-state index in [4.69, 9.17) is 9.84 Å². The van der Waals surface area contributed by atoms with Crippen molar-refractivity contribution in [2.45, 2.75) is 31.8 Å². The molecule has 0 bridgehead atoms. The smallest absolute Gasteiger partial charge is 0.455 e. The number of cyclic esters (lactones) is 2. The number of hydrogen-bond donors (Lipinski definition) is 1. The number of aliphatic hydroxyl groups is 1. The van der Waals surface area contributed by atoms with Gasteiger partial charge in [-0.05, 0) is 12.8 Å². The van der Waals surface area contributed by atoms with E-state index in [0.29, 0.717) is 19.3 Å². The summed E-state index contributed by atoms with van der Waals surface area (Å²) in [7, 11) is 0. The fraction of sp³-hybridized carbons (Fsp3) is 0.800. The van der Waals surface area contributed by atoms with Crippen LogP contribution < -0.4 is 0 Å². The van der Waals surface area contributed by atoms with Gasteiger partial charge in [-0.15, -0.1) is 0 Å². The molecule has 0 amide bonds. The minimum absolute atomic E-state index is 0.0568. The lowest BCUT2D eigenvalue weighted by molar-refractivity contribution is -0.158. The van der Waals surface area contributed by atoms with E-state index in [2.05, 4.69) is 9.47 Å². The van der Waals surface area contributed by atoms with E-state index in [1.807, 2.05) is 0 Å². The molecule has 6 heteroatoms. The molecule has 0 aromatic heterocycles. The average Bonchev–Trinajstić information content (AvgIpc) is 2.28. The minimum Gasteiger partial charge on any atom is -0.455 e. The number of unbranched alkanes of at least 4 members (excludes halogenated alkanes) is 2. The van der Waals surface area contributed by atoms with E-state index in [1.165, 1.54) is 0 Å². The van der Waals surface area contributed by atoms with Gasteiger partial charge in [0.25, 0.3) is 0 Å². The first kappa shape index (κ1) is 12.8. The van der Waals surface area contributed by atoms with Gasteiger partial charge in [0.1, 0.15) is 13.2 Å². The highest BCUT2D eigenvalue weighted by Gasteiger charge is 2.23. The Morgan fingerprint density at radius 1 is 1.31 bits per heavy atom. The van der Waals surface area contributed by atoms with Crippen LogP contribution in [0, 0.1) is 0 Å². The quantitative estimate of drug-likeness (QED) is 0.534. The highest BCUT2D eigenvalue weighted by molar-refractivity contribution is 5.69. The second kappa shape index (κ2) is 7.05. The van der Waals surface area contributed by atoms with Gasteiger partial charge >= 0.3 is 12.1 Å². The Hall–Kier alpha value is -1.30. The molecule has 0 spiro atoms. The van der Waals surface area contributed by atoms with Crippen molar-refractivity contribution in [3.05, 3.63) is 0 Å². The molecule has 0 saturated carbocycles. The van der Waals surface area contributed by atoms with Gasteiger partial charge in [-0.25, -0.2) is 4.79 Å². The number of rotatable bonds is 6. The summed E-state index contributed by atoms with van der Waals surface area (Å²) in [6, 6.07) is 0. The van der Waals surface area contributed by atoms with Gasteiger partial charge in [-0.3, -0.25) is 4.79 Å². The second-order valence-electron chi connectivity index (χ2n) is 3.52. The molecule has 1 aliphatic rings. The summed E-state index contributed by atoms with van der Waals surface area (Å²) in [4.78, 5) is 21.8. The second-order valence-corrected chi connectivity index (χ2v) is 3.52. The zero-order valence-electron chi connectivity index (χ0n) is 9.02. The van der Waals surface area contributed by atoms with Gasteiger partial charge in [-0.2, -0.15) is 0 Å². The summed E-state index contributed by atoms with van der Waals surface area (Å²) in [6.07, 6.45) is 1.26. The summed E-state index contributed by atoms with van der Waals surface area (Å²) in [5, 5.41) is 8.54. The maximum absolute atomic E-state index is 11.3. The maximum Gasteiger partial charge on any atom is 0.508 e. The van der Waals surface area contributed by atoms with E-state index >= 15 is 0 Å². The van der Waals surface area contributed by atoms with Gasteiger partial charge < -0.3 is 19.3 Å². The third-order valence-electron chi connectivity index (χ3n) is 2.11. The van der Waals surface area contributed by atoms with Crippen molar-refractivity contribution < 1.29 is 28.9 Å². The van der Waals surface area contributed by atoms with Gasteiger partial charge in [0, 0.05) is 13.0 Å². The molecule has 16 heavy (non-hydrogen) atoms. The fourth-order valence-corrected chi connectivity index (χ4v) is 1.28. The van der Waals surface area contributed by atoms with Crippen LogP contribution >= 0.6 is 0 Å². The first-order valence-electron chi connectivity index (χ1n) is 5.32. The molecule has 1 fully saturated rings. The molecule has 6 nitrogen and oxygen atoms in total. The Morgan fingerprint density at radius 3 is 2.62 bits per heavy atom. The largest absolute Gasteiger partial charge is 0.508 e. The van der Waals surface area contributed by atoms with Crippen molar-refractivity contribution in [1.29, 1.82) is 0 Å². The van der Waals surface area contributed by atoms with Gasteiger partial charge in [0.15, 0.2) is 6.10 Å². The van der Waals surface area contributed by atoms with Crippen LogP contribution in [0.5, 0.6) is 0 Å². The predicted octanol–water partition coefficient (Wildman–Crippen LogP) is 0.618. The van der Waals surface area contributed by atoms with Crippen molar-refractivity contribution >= 4 is 12.1 Å². The molecule has 0 aliphatic carbocycles. The van der Waals surface area contributed by atoms with Crippen LogP contribution in [-0.4, -0.2) is 43.2 Å². The minimum atomic E-state index is -0.727. The van der Waals surface area contributed by atoms with Crippen LogP contribution in [0.1, 0.15) is 25.7 Å². The maximum atomic E-state index is 11.3. The normalized spacial score (nSPS) is 16.4. The number of carbonyl (C=O) groups excluding carboxylic acids is 2. The third kappa shape index (κ3) is 4.97. The Kier molecular flexibility index (Phi) is 5.63. The molecule has 92 valence electrons. The van der Waals surface area contributed by atoms with Gasteiger partial charge in [0.2, 0.25) is 0 Å². The van der Waals surface area contributed by atoms with Crippen LogP contribution in [0.3, 0.4) is 0 Å². The predicted molar refractivity (Wildman–Crippen MR) is 52.7 cm³/mol. The Balaban J connectivity index is 2.07. The van der Waals surface area contributed by atoms with E-state index in [9.17, 15) is 9.59 Å². The third-order valence-corrected chi connectivity index (χ3v) is 2.11. The lowest BCUT2D eigenvalue weighted by Gasteiger charge is -2.21. The number of esters is 1. The average molecular weight is 232 g/mol. The van der Waals surface area contributed by atoms with Crippen molar-refractivity contribution in [2.75, 3.05) is 19.8 Å². The Labute approximate surface area is 93.5 Å². The van der Waals surface area contributed by atoms with E-state index in [-0.39, 0.29) is 25.8 Å². The zero-order chi connectivity index (χ0) is 11.8. The SMILES string of the molecule is O=C(CCCCCO)OC1COC(=O)OC1. The Bertz CT molecular complexity index is 229. The molecule has 0 aromatic carbocycles. The van der Waals surface area contributed by atoms with E-state index in [0.717, 1.165) is 6.42 Å². The zero-order valence-corrected chi connectivity index (χ0v) is 9.02. The Morgan fingerprint density at radius 2 is 2.00 bits per heavy atom. The summed E-state index contributed by atoms with van der Waals surface area (Å²) in [5.74, 6) is -0.329. The number of aliphatic hydroxyl groups excluding tert-OH is 1. The number of hydrogen-bond acceptors (Lipinski definition) is 6. The van der Waals surface area contributed by atoms with Crippen molar-refractivity contribution in [1.82, 2.24) is 0 Å². The molecule has 0 unspecified atom stereocenters. The molecule has 1 rings (SSSR count). The molecule has 1 saturated heterocycles. The molecular weight excluding hydrogens is 216 g/mol. The van der Waals surface area contributed by atoms with Gasteiger partial charge in [-0.1, -0.05) is 6.42 Å². The fourth-order valence-electron chi connectivity index (χ4n) is 1.28. The summed E-state index contributed by atoms with van der Waals surface area (Å²) < 4.78 is 14.1. The summed E-state index contributed by atoms with van der Waals surface area (Å²) >= 11 is 0. The lowest BCUT2D eigenvalue weighted by Crippen LogP contribution is -2.35. The van der Waals surface area contributed by atoms with Crippen molar-refractivity contribution in [3.63, 3.8) is 0 Å². The summed E-state index contributed by atoms with van der Waals surface area (Å²) in [6.45, 7) is 0.254. The van der Waals surface area contributed by atoms with Crippen LogP contribution in [0.15, 0.2) is 0 Å². The van der Waals surface area contributed by atoms with Crippen molar-refractivity contribution in [3.8, 4) is 0 Å². The van der Waals surface area contributed by atoms with E-state index in [1.54, 1.807) is 0 Å². The van der Waals surface area contributed by atoms with Gasteiger partial charge in [0.05, 0.1) is 0 Å². The number of ether oxygens (including phenoxy) is 3. The first-order chi connectivity index (χ1) is 7.72. The highest BCUT2D eigenvalue weighted by atomic mass is 16.7. The molecule has 0 aromatic rings. The van der Waals surface area contributed by atoms with Crippen molar-refractivity contribution in [2.24, 2.45) is 0 Å². The molecule has 0 atom stereocenters.